The highest BCUT2D eigenvalue weighted by Gasteiger charge is 2.09. The molecular weight excluding hydrogens is 229 g/mol. The van der Waals surface area contributed by atoms with E-state index in [2.05, 4.69) is 42.4 Å². The van der Waals surface area contributed by atoms with Crippen LogP contribution < -0.4 is 0 Å². The summed E-state index contributed by atoms with van der Waals surface area (Å²) in [6.45, 7) is 2.72. The molecule has 8 heavy (non-hydrogen) atoms. The van der Waals surface area contributed by atoms with Crippen LogP contribution in [0.2, 0.25) is 0 Å². The molecule has 0 heterocycles. The monoisotopic (exact) mass is 240 g/mol. The van der Waals surface area contributed by atoms with Crippen molar-refractivity contribution in [3.8, 4) is 0 Å². The normalized spacial score (nSPS) is 12.0. The molecule has 0 nitrogen and oxygen atoms in total. The van der Waals surface area contributed by atoms with Crippen molar-refractivity contribution in [1.29, 1.82) is 0 Å². The van der Waals surface area contributed by atoms with Crippen molar-refractivity contribution in [3.63, 3.8) is 0 Å². The minimum Gasteiger partial charge on any atom is -0.102 e. The second-order valence-electron chi connectivity index (χ2n) is 1.25. The second-order valence-corrected chi connectivity index (χ2v) is 26.5. The third kappa shape index (κ3) is 4.77. The molecule has 0 aromatic rings. The van der Waals surface area contributed by atoms with Gasteiger partial charge in [-0.15, -0.1) is 35.7 Å². The van der Waals surface area contributed by atoms with Crippen molar-refractivity contribution in [2.24, 2.45) is 0 Å². The summed E-state index contributed by atoms with van der Waals surface area (Å²) in [5.74, 6) is 0. The summed E-state index contributed by atoms with van der Waals surface area (Å²) in [5, 5.41) is 0. The van der Waals surface area contributed by atoms with Crippen LogP contribution in [0.25, 0.3) is 0 Å². The van der Waals surface area contributed by atoms with Crippen molar-refractivity contribution < 1.29 is 0 Å². The lowest BCUT2D eigenvalue weighted by Crippen LogP contribution is -1.41. The molecule has 0 saturated heterocycles. The summed E-state index contributed by atoms with van der Waals surface area (Å²) in [5.41, 5.74) is 0. The summed E-state index contributed by atoms with van der Waals surface area (Å²) in [4.78, 5) is 0. The third-order valence-corrected chi connectivity index (χ3v) is 29.2. The van der Waals surface area contributed by atoms with Gasteiger partial charge in [-0.3, -0.25) is 0 Å². The van der Waals surface area contributed by atoms with Gasteiger partial charge in [0.1, 0.15) is 0 Å². The number of rotatable bonds is 2. The lowest BCUT2D eigenvalue weighted by molar-refractivity contribution is 2.50. The zero-order valence-electron chi connectivity index (χ0n) is 4.65. The van der Waals surface area contributed by atoms with Crippen molar-refractivity contribution in [3.05, 3.63) is 0 Å². The lowest BCUT2D eigenvalue weighted by Gasteiger charge is -2.19. The number of hydrogen-bond acceptors (Lipinski definition) is 0. The Morgan fingerprint density at radius 2 is 1.12 bits per heavy atom. The van der Waals surface area contributed by atoms with Gasteiger partial charge in [0.25, 0.3) is 0 Å². The summed E-state index contributed by atoms with van der Waals surface area (Å²) in [6, 6.07) is 0. The van der Waals surface area contributed by atoms with Crippen LogP contribution in [0.1, 0.15) is 0 Å². The number of hydrogen-bond donors (Lipinski definition) is 0. The smallest absolute Gasteiger partial charge is 0.0355 e. The van der Waals surface area contributed by atoms with Crippen LogP contribution in [-0.2, 0) is 0 Å². The molecule has 0 saturated carbocycles. The average molecular weight is 240 g/mol. The van der Waals surface area contributed by atoms with Gasteiger partial charge in [0, 0.05) is 0 Å². The summed E-state index contributed by atoms with van der Waals surface area (Å²) < 4.78 is 0. The Balaban J connectivity index is 3.46. The largest absolute Gasteiger partial charge is 0.102 e. The van der Waals surface area contributed by atoms with Gasteiger partial charge in [-0.2, -0.15) is 0 Å². The van der Waals surface area contributed by atoms with Gasteiger partial charge in [-0.25, -0.2) is 0 Å². The van der Waals surface area contributed by atoms with E-state index in [4.69, 9.17) is 0 Å². The molecule has 7 heteroatoms. The Bertz CT molecular complexity index is 49.4. The fraction of sp³-hybridized carbons (Fsp3) is 1.00. The first-order chi connectivity index (χ1) is 3.55. The predicted molar refractivity (Wildman–Crippen MR) is 65.5 cm³/mol. The van der Waals surface area contributed by atoms with Crippen LogP contribution in [-0.4, -0.2) is 6.66 Å². The van der Waals surface area contributed by atoms with Crippen LogP contribution >= 0.6 is 57.0 Å². The van der Waals surface area contributed by atoms with Crippen LogP contribution in [0, 0.1) is 0 Å². The topological polar surface area (TPSA) is 0 Å². The van der Waals surface area contributed by atoms with Crippen molar-refractivity contribution in [2.45, 2.75) is 0 Å². The molecule has 0 amide bonds. The summed E-state index contributed by atoms with van der Waals surface area (Å²) >= 11 is 0. The van der Waals surface area contributed by atoms with E-state index in [1.165, 1.54) is 0 Å². The van der Waals surface area contributed by atoms with Gasteiger partial charge >= 0.3 is 0 Å². The molecule has 50 valence electrons. The molecule has 0 radical (unpaired) electrons. The fourth-order valence-corrected chi connectivity index (χ4v) is 29.0. The van der Waals surface area contributed by atoms with Gasteiger partial charge in [0.2, 0.25) is 0 Å². The maximum absolute atomic E-state index is 2.89. The molecule has 0 rings (SSSR count). The quantitative estimate of drug-likeness (QED) is 0.638. The van der Waals surface area contributed by atoms with Crippen LogP contribution in [0.5, 0.6) is 0 Å². The van der Waals surface area contributed by atoms with E-state index in [1.54, 1.807) is 0 Å². The van der Waals surface area contributed by atoms with Gasteiger partial charge in [-0.05, 0) is 27.9 Å². The molecule has 4 atom stereocenters. The maximum Gasteiger partial charge on any atom is -0.0355 e. The molecule has 0 aromatic carbocycles. The molecular formula is CH11P7. The molecule has 0 spiro atoms. The minimum absolute atomic E-state index is 0.184. The molecule has 0 fully saturated rings. The van der Waals surface area contributed by atoms with Crippen molar-refractivity contribution >= 4 is 57.0 Å². The third-order valence-electron chi connectivity index (χ3n) is 0.668. The van der Waals surface area contributed by atoms with E-state index in [0.29, 0.717) is 0 Å². The van der Waals surface area contributed by atoms with Gasteiger partial charge in [-0.1, -0.05) is 0 Å². The Labute approximate surface area is 63.9 Å². The van der Waals surface area contributed by atoms with Crippen molar-refractivity contribution in [1.82, 2.24) is 0 Å². The fourth-order valence-electron chi connectivity index (χ4n) is 0.119. The Morgan fingerprint density at radius 3 is 1.12 bits per heavy atom. The second kappa shape index (κ2) is 5.63. The van der Waals surface area contributed by atoms with E-state index in [1.807, 2.05) is 0 Å². The molecule has 0 N–H and O–H groups in total. The van der Waals surface area contributed by atoms with Crippen molar-refractivity contribution in [2.75, 3.05) is 6.66 Å². The lowest BCUT2D eigenvalue weighted by atomic mass is 12.0. The summed E-state index contributed by atoms with van der Waals surface area (Å²) in [6.07, 6.45) is 0. The Kier molecular flexibility index (Phi) is 7.75. The summed E-state index contributed by atoms with van der Waals surface area (Å²) in [7, 11) is 11.8. The zero-order valence-corrected chi connectivity index (χ0v) is 12.0. The van der Waals surface area contributed by atoms with E-state index in [9.17, 15) is 0 Å². The molecule has 0 bridgehead atoms. The molecule has 0 aliphatic carbocycles. The van der Waals surface area contributed by atoms with E-state index in [-0.39, 0.29) is 21.3 Å². The molecule has 0 aliphatic heterocycles. The molecule has 0 aromatic heterocycles. The van der Waals surface area contributed by atoms with Gasteiger partial charge in [0.15, 0.2) is 0 Å². The van der Waals surface area contributed by atoms with E-state index < -0.39 is 0 Å². The van der Waals surface area contributed by atoms with Crippen LogP contribution in [0.15, 0.2) is 0 Å². The highest BCUT2D eigenvalue weighted by atomic mass is 33.0. The first-order valence-corrected chi connectivity index (χ1v) is 14.2. The standard InChI is InChI=1S/CH11P7/c1-6(7(2)3)8(4)5/h2-5H2,1H3. The van der Waals surface area contributed by atoms with Gasteiger partial charge < -0.3 is 0 Å². The van der Waals surface area contributed by atoms with E-state index in [0.717, 1.165) is 0 Å². The minimum atomic E-state index is 0.184. The maximum atomic E-state index is 2.89. The Morgan fingerprint density at radius 1 is 0.875 bits per heavy atom. The average Bonchev–Trinajstić information content (AvgIpc) is 1.64. The molecule has 4 unspecified atom stereocenters. The highest BCUT2D eigenvalue weighted by molar-refractivity contribution is 8.97. The van der Waals surface area contributed by atoms with Crippen LogP contribution in [0.4, 0.5) is 0 Å². The Hall–Kier alpha value is 3.01. The SMILES string of the molecule is CP(P(P)P)P(P)P. The first kappa shape index (κ1) is 11.0. The van der Waals surface area contributed by atoms with Crippen LogP contribution in [0.3, 0.4) is 0 Å². The van der Waals surface area contributed by atoms with E-state index >= 15 is 0 Å². The zero-order chi connectivity index (χ0) is 6.73. The van der Waals surface area contributed by atoms with Gasteiger partial charge in [0.05, 0.1) is 0 Å². The first-order valence-electron chi connectivity index (χ1n) is 1.88. The predicted octanol–water partition coefficient (Wildman–Crippen LogP) is 4.05. The molecule has 0 aliphatic rings. The highest BCUT2D eigenvalue weighted by Crippen LogP contribution is 2.95.